The minimum Gasteiger partial charge on any atom is -0.491 e. The highest BCUT2D eigenvalue weighted by atomic mass is 35.5. The van der Waals surface area contributed by atoms with Crippen LogP contribution in [0.1, 0.15) is 0 Å². The lowest BCUT2D eigenvalue weighted by molar-refractivity contribution is 0.313. The van der Waals surface area contributed by atoms with E-state index in [1.165, 1.54) is 0 Å². The van der Waals surface area contributed by atoms with Crippen LogP contribution in [0.15, 0.2) is 48.9 Å². The summed E-state index contributed by atoms with van der Waals surface area (Å²) in [5, 5.41) is 3.23. The molecule has 3 aromatic heterocycles. The van der Waals surface area contributed by atoms with Crippen LogP contribution in [0.4, 0.5) is 17.3 Å². The van der Waals surface area contributed by atoms with Crippen molar-refractivity contribution in [2.24, 2.45) is 0 Å². The first-order chi connectivity index (χ1) is 13.7. The summed E-state index contributed by atoms with van der Waals surface area (Å²) in [5.41, 5.74) is 1.83. The lowest BCUT2D eigenvalue weighted by Crippen LogP contribution is -2.44. The third kappa shape index (κ3) is 6.54. The van der Waals surface area contributed by atoms with Crippen molar-refractivity contribution < 1.29 is 4.74 Å². The second-order valence-corrected chi connectivity index (χ2v) is 6.64. The van der Waals surface area contributed by atoms with Gasteiger partial charge in [-0.2, -0.15) is 0 Å². The van der Waals surface area contributed by atoms with E-state index in [2.05, 4.69) is 48.2 Å². The molecule has 31 heavy (non-hydrogen) atoms. The molecule has 1 N–H and O–H groups in total. The minimum atomic E-state index is 0. The predicted octanol–water partition coefficient (Wildman–Crippen LogP) is 3.70. The Bertz CT molecular complexity index is 924. The van der Waals surface area contributed by atoms with E-state index >= 15 is 0 Å². The maximum absolute atomic E-state index is 5.39. The smallest absolute Gasteiger partial charge is 0.180 e. The molecule has 1 fully saturated rings. The third-order valence-electron chi connectivity index (χ3n) is 4.73. The summed E-state index contributed by atoms with van der Waals surface area (Å²) in [6, 6.07) is 9.66. The van der Waals surface area contributed by atoms with Crippen LogP contribution in [-0.2, 0) is 0 Å². The van der Waals surface area contributed by atoms with E-state index in [1.807, 2.05) is 30.5 Å². The Balaban J connectivity index is 0.00000160. The Morgan fingerprint density at radius 2 is 1.68 bits per heavy atom. The Labute approximate surface area is 200 Å². The van der Waals surface area contributed by atoms with Crippen molar-refractivity contribution in [1.29, 1.82) is 0 Å². The number of nitrogens with zero attached hydrogens (tertiary/aromatic N) is 6. The van der Waals surface area contributed by atoms with E-state index in [4.69, 9.17) is 4.74 Å². The van der Waals surface area contributed by atoms with Crippen LogP contribution in [0.5, 0.6) is 5.75 Å². The van der Waals surface area contributed by atoms with Gasteiger partial charge in [0.05, 0.1) is 25.2 Å². The summed E-state index contributed by atoms with van der Waals surface area (Å²) in [4.78, 5) is 22.4. The highest BCUT2D eigenvalue weighted by molar-refractivity contribution is 5.86. The lowest BCUT2D eigenvalue weighted by atomic mass is 10.3. The highest BCUT2D eigenvalue weighted by Crippen LogP contribution is 2.27. The summed E-state index contributed by atoms with van der Waals surface area (Å²) >= 11 is 0. The Morgan fingerprint density at radius 1 is 0.903 bits per heavy atom. The van der Waals surface area contributed by atoms with Crippen LogP contribution in [0, 0.1) is 0 Å². The fourth-order valence-corrected chi connectivity index (χ4v) is 3.06. The molecule has 1 aliphatic rings. The number of hydrogen-bond acceptors (Lipinski definition) is 8. The number of aromatic nitrogens is 4. The van der Waals surface area contributed by atoms with Crippen LogP contribution < -0.4 is 15.0 Å². The number of pyridine rings is 2. The molecule has 0 atom stereocenters. The van der Waals surface area contributed by atoms with Gasteiger partial charge in [0.2, 0.25) is 0 Å². The highest BCUT2D eigenvalue weighted by Gasteiger charge is 2.15. The molecule has 0 amide bonds. The number of hydrogen-bond donors (Lipinski definition) is 1. The van der Waals surface area contributed by atoms with E-state index < -0.39 is 0 Å². The summed E-state index contributed by atoms with van der Waals surface area (Å²) < 4.78 is 5.39. The number of halogens is 3. The number of anilines is 3. The van der Waals surface area contributed by atoms with E-state index in [-0.39, 0.29) is 37.2 Å². The van der Waals surface area contributed by atoms with Crippen LogP contribution in [0.25, 0.3) is 11.5 Å². The van der Waals surface area contributed by atoms with Gasteiger partial charge in [-0.3, -0.25) is 4.98 Å². The molecule has 4 rings (SSSR count). The van der Waals surface area contributed by atoms with E-state index in [1.54, 1.807) is 19.5 Å². The normalized spacial score (nSPS) is 13.3. The lowest BCUT2D eigenvalue weighted by Gasteiger charge is -2.33. The molecular weight excluding hydrogens is 461 g/mol. The second kappa shape index (κ2) is 12.5. The fourth-order valence-electron chi connectivity index (χ4n) is 3.06. The van der Waals surface area contributed by atoms with Gasteiger partial charge in [-0.15, -0.1) is 37.2 Å². The molecule has 4 heterocycles. The van der Waals surface area contributed by atoms with Crippen LogP contribution >= 0.6 is 37.2 Å². The molecule has 3 aromatic rings. The van der Waals surface area contributed by atoms with Crippen molar-refractivity contribution in [3.8, 4) is 17.3 Å². The van der Waals surface area contributed by atoms with E-state index in [0.29, 0.717) is 28.9 Å². The van der Waals surface area contributed by atoms with Gasteiger partial charge in [0.15, 0.2) is 17.4 Å². The quantitative estimate of drug-likeness (QED) is 0.585. The van der Waals surface area contributed by atoms with E-state index in [0.717, 1.165) is 31.9 Å². The first kappa shape index (κ1) is 26.6. The van der Waals surface area contributed by atoms with Crippen molar-refractivity contribution in [2.45, 2.75) is 0 Å². The van der Waals surface area contributed by atoms with Gasteiger partial charge in [0, 0.05) is 32.4 Å². The molecule has 0 aromatic carbocycles. The summed E-state index contributed by atoms with van der Waals surface area (Å²) in [6.07, 6.45) is 5.24. The van der Waals surface area contributed by atoms with Crippen molar-refractivity contribution >= 4 is 54.5 Å². The number of ether oxygens (including phenoxy) is 1. The zero-order valence-electron chi connectivity index (χ0n) is 17.3. The minimum absolute atomic E-state index is 0. The van der Waals surface area contributed by atoms with Crippen molar-refractivity contribution in [2.75, 3.05) is 50.6 Å². The Hall–Kier alpha value is -2.39. The Morgan fingerprint density at radius 3 is 2.29 bits per heavy atom. The molecule has 0 bridgehead atoms. The topological polar surface area (TPSA) is 79.3 Å². The third-order valence-corrected chi connectivity index (χ3v) is 4.73. The number of nitrogens with one attached hydrogen (secondary N) is 1. The summed E-state index contributed by atoms with van der Waals surface area (Å²) in [5.74, 6) is 2.32. The van der Waals surface area contributed by atoms with Gasteiger partial charge in [-0.25, -0.2) is 15.0 Å². The molecule has 0 saturated carbocycles. The first-order valence-electron chi connectivity index (χ1n) is 9.22. The van der Waals surface area contributed by atoms with Crippen LogP contribution in [-0.4, -0.2) is 65.2 Å². The molecule has 0 unspecified atom stereocenters. The first-order valence-corrected chi connectivity index (χ1v) is 9.22. The van der Waals surface area contributed by atoms with E-state index in [9.17, 15) is 0 Å². The van der Waals surface area contributed by atoms with Gasteiger partial charge in [0.1, 0.15) is 11.5 Å². The largest absolute Gasteiger partial charge is 0.491 e. The van der Waals surface area contributed by atoms with Gasteiger partial charge >= 0.3 is 0 Å². The zero-order chi connectivity index (χ0) is 19.3. The number of rotatable bonds is 5. The average Bonchev–Trinajstić information content (AvgIpc) is 2.75. The van der Waals surface area contributed by atoms with Crippen molar-refractivity contribution in [1.82, 2.24) is 24.8 Å². The molecule has 168 valence electrons. The molecular formula is C20H26Cl3N7O. The van der Waals surface area contributed by atoms with Gasteiger partial charge in [-0.05, 0) is 31.3 Å². The summed E-state index contributed by atoms with van der Waals surface area (Å²) in [6.45, 7) is 4.15. The molecule has 0 radical (unpaired) electrons. The maximum Gasteiger partial charge on any atom is 0.180 e. The summed E-state index contributed by atoms with van der Waals surface area (Å²) in [7, 11) is 3.74. The second-order valence-electron chi connectivity index (χ2n) is 6.64. The van der Waals surface area contributed by atoms with Crippen LogP contribution in [0.2, 0.25) is 0 Å². The van der Waals surface area contributed by atoms with Gasteiger partial charge < -0.3 is 19.9 Å². The molecule has 0 spiro atoms. The standard InChI is InChI=1S/C20H23N7O.3ClH/c1-26-9-11-27(12-10-26)15-6-7-18(22-13-15)24-20-17(28-2)14-23-19(25-20)16-5-3-4-8-21-16;;;/h3-8,13-14H,9-12H2,1-2H3,(H,22,23,24,25);3*1H. The maximum atomic E-state index is 5.39. The molecule has 0 aliphatic carbocycles. The fraction of sp³-hybridized carbons (Fsp3) is 0.300. The van der Waals surface area contributed by atoms with Crippen molar-refractivity contribution in [3.05, 3.63) is 48.9 Å². The number of piperazine rings is 1. The molecule has 8 nitrogen and oxygen atoms in total. The molecule has 1 saturated heterocycles. The number of methoxy groups -OCH3 is 1. The Kier molecular flexibility index (Phi) is 10.7. The zero-order valence-corrected chi connectivity index (χ0v) is 19.7. The van der Waals surface area contributed by atoms with Gasteiger partial charge in [-0.1, -0.05) is 6.07 Å². The predicted molar refractivity (Wildman–Crippen MR) is 131 cm³/mol. The molecule has 1 aliphatic heterocycles. The van der Waals surface area contributed by atoms with Gasteiger partial charge in [0.25, 0.3) is 0 Å². The average molecular weight is 487 g/mol. The molecule has 11 heteroatoms. The van der Waals surface area contributed by atoms with Crippen LogP contribution in [0.3, 0.4) is 0 Å². The number of likely N-dealkylation sites (N-methyl/N-ethyl adjacent to an activating group) is 1. The monoisotopic (exact) mass is 485 g/mol. The SMILES string of the molecule is COc1cnc(-c2ccccn2)nc1Nc1ccc(N2CCN(C)CC2)cn1.Cl.Cl.Cl. The van der Waals surface area contributed by atoms with Crippen molar-refractivity contribution in [3.63, 3.8) is 0 Å².